The lowest BCUT2D eigenvalue weighted by atomic mass is 10.2. The Kier molecular flexibility index (Phi) is 7.04. The monoisotopic (exact) mass is 377 g/mol. The first-order valence-electron chi connectivity index (χ1n) is 10.1. The van der Waals surface area contributed by atoms with E-state index in [1.807, 2.05) is 0 Å². The molecule has 0 aliphatic carbocycles. The molecule has 0 radical (unpaired) electrons. The first kappa shape index (κ1) is 19.6. The van der Waals surface area contributed by atoms with Crippen molar-refractivity contribution in [2.45, 2.75) is 44.6 Å². The molecule has 1 aromatic rings. The predicted molar refractivity (Wildman–Crippen MR) is 102 cm³/mol. The molecule has 7 heteroatoms. The summed E-state index contributed by atoms with van der Waals surface area (Å²) in [5, 5.41) is 5.75. The number of rotatable bonds is 6. The van der Waals surface area contributed by atoms with E-state index in [9.17, 15) is 14.0 Å². The highest BCUT2D eigenvalue weighted by atomic mass is 19.1. The van der Waals surface area contributed by atoms with E-state index >= 15 is 0 Å². The Bertz CT molecular complexity index is 647. The van der Waals surface area contributed by atoms with Crippen molar-refractivity contribution in [2.75, 3.05) is 37.6 Å². The third kappa shape index (κ3) is 5.92. The van der Waals surface area contributed by atoms with Crippen LogP contribution in [0.4, 0.5) is 14.9 Å². The first-order valence-corrected chi connectivity index (χ1v) is 10.1. The van der Waals surface area contributed by atoms with Crippen molar-refractivity contribution in [1.29, 1.82) is 0 Å². The Morgan fingerprint density at radius 2 is 2.00 bits per heavy atom. The molecule has 6 nitrogen and oxygen atoms in total. The summed E-state index contributed by atoms with van der Waals surface area (Å²) in [6.45, 7) is 4.59. The van der Waals surface area contributed by atoms with Crippen molar-refractivity contribution >= 4 is 17.6 Å². The predicted octanol–water partition coefficient (Wildman–Crippen LogP) is 1.08. The van der Waals surface area contributed by atoms with Crippen LogP contribution in [0.25, 0.3) is 0 Å². The number of anilines is 1. The topological polar surface area (TPSA) is 65.9 Å². The lowest BCUT2D eigenvalue weighted by molar-refractivity contribution is -0.899. The Balaban J connectivity index is 1.36. The highest BCUT2D eigenvalue weighted by molar-refractivity contribution is 5.96. The summed E-state index contributed by atoms with van der Waals surface area (Å²) in [6, 6.07) is 5.48. The second kappa shape index (κ2) is 9.69. The smallest absolute Gasteiger partial charge is 0.315 e. The van der Waals surface area contributed by atoms with Crippen LogP contribution in [0.1, 0.15) is 38.5 Å². The fraction of sp³-hybridized carbons (Fsp3) is 0.600. The van der Waals surface area contributed by atoms with Crippen LogP contribution in [0.3, 0.4) is 0 Å². The van der Waals surface area contributed by atoms with E-state index in [2.05, 4.69) is 10.6 Å². The van der Waals surface area contributed by atoms with E-state index in [1.54, 1.807) is 17.0 Å². The van der Waals surface area contributed by atoms with Gasteiger partial charge in [-0.15, -0.1) is 0 Å². The number of carbonyl (C=O) groups is 2. The molecule has 1 aromatic carbocycles. The van der Waals surface area contributed by atoms with Gasteiger partial charge in [-0.3, -0.25) is 4.79 Å². The van der Waals surface area contributed by atoms with Gasteiger partial charge in [0.1, 0.15) is 5.82 Å². The molecule has 3 rings (SSSR count). The van der Waals surface area contributed by atoms with E-state index in [-0.39, 0.29) is 30.2 Å². The van der Waals surface area contributed by atoms with Gasteiger partial charge in [-0.05, 0) is 43.9 Å². The van der Waals surface area contributed by atoms with E-state index in [1.165, 1.54) is 55.8 Å². The van der Waals surface area contributed by atoms with Gasteiger partial charge < -0.3 is 20.4 Å². The minimum atomic E-state index is -0.374. The zero-order chi connectivity index (χ0) is 19.1. The van der Waals surface area contributed by atoms with Crippen molar-refractivity contribution in [3.05, 3.63) is 30.1 Å². The van der Waals surface area contributed by atoms with Crippen molar-refractivity contribution in [2.24, 2.45) is 0 Å². The van der Waals surface area contributed by atoms with Crippen LogP contribution < -0.4 is 20.4 Å². The molecule has 2 heterocycles. The molecule has 3 N–H and O–H groups in total. The summed E-state index contributed by atoms with van der Waals surface area (Å²) in [6.07, 6.45) is 6.50. The molecule has 3 amide bonds. The molecule has 2 aliphatic heterocycles. The van der Waals surface area contributed by atoms with Crippen LogP contribution in [0.2, 0.25) is 0 Å². The average Bonchev–Trinajstić information content (AvgIpc) is 2.83. The molecule has 0 aromatic heterocycles. The first-order chi connectivity index (χ1) is 13.1. The molecule has 0 bridgehead atoms. The fourth-order valence-electron chi connectivity index (χ4n) is 3.95. The number of halogens is 1. The molecule has 1 atom stereocenters. The Labute approximate surface area is 160 Å². The standard InChI is InChI=1S/C20H29FN4O2/c21-16-7-5-8-18(13-16)25-15-17(14-19(25)26)23-20(27)22-9-6-12-24-10-3-1-2-4-11-24/h5,7-8,13,17H,1-4,6,9-12,14-15H2,(H2,22,23,27)/p+1/t17-/m0/s1. The normalized spacial score (nSPS) is 21.1. The van der Waals surface area contributed by atoms with Crippen LogP contribution in [0.15, 0.2) is 24.3 Å². The van der Waals surface area contributed by atoms with Crippen LogP contribution >= 0.6 is 0 Å². The second-order valence-electron chi connectivity index (χ2n) is 7.55. The fourth-order valence-corrected chi connectivity index (χ4v) is 3.95. The maximum Gasteiger partial charge on any atom is 0.315 e. The van der Waals surface area contributed by atoms with Gasteiger partial charge in [-0.1, -0.05) is 6.07 Å². The van der Waals surface area contributed by atoms with Gasteiger partial charge in [0.15, 0.2) is 0 Å². The highest BCUT2D eigenvalue weighted by Crippen LogP contribution is 2.22. The lowest BCUT2D eigenvalue weighted by Gasteiger charge is -2.18. The molecule has 0 saturated carbocycles. The van der Waals surface area contributed by atoms with E-state index in [0.717, 1.165) is 13.0 Å². The number of urea groups is 1. The van der Waals surface area contributed by atoms with E-state index in [4.69, 9.17) is 0 Å². The average molecular weight is 377 g/mol. The minimum absolute atomic E-state index is 0.101. The van der Waals surface area contributed by atoms with Crippen LogP contribution in [0.5, 0.6) is 0 Å². The number of nitrogens with zero attached hydrogens (tertiary/aromatic N) is 1. The summed E-state index contributed by atoms with van der Waals surface area (Å²) < 4.78 is 13.4. The molecule has 148 valence electrons. The number of likely N-dealkylation sites (tertiary alicyclic amines) is 1. The molecular weight excluding hydrogens is 347 g/mol. The highest BCUT2D eigenvalue weighted by Gasteiger charge is 2.31. The Morgan fingerprint density at radius 3 is 2.74 bits per heavy atom. The molecule has 2 saturated heterocycles. The Morgan fingerprint density at radius 1 is 1.22 bits per heavy atom. The number of amides is 3. The summed E-state index contributed by atoms with van der Waals surface area (Å²) >= 11 is 0. The third-order valence-corrected chi connectivity index (χ3v) is 5.38. The van der Waals surface area contributed by atoms with Gasteiger partial charge in [0.05, 0.1) is 25.7 Å². The maximum absolute atomic E-state index is 13.4. The summed E-state index contributed by atoms with van der Waals surface area (Å²) in [7, 11) is 0. The van der Waals surface area contributed by atoms with Crippen molar-refractivity contribution in [3.8, 4) is 0 Å². The number of quaternary nitrogens is 1. The van der Waals surface area contributed by atoms with Crippen molar-refractivity contribution < 1.29 is 18.9 Å². The van der Waals surface area contributed by atoms with Gasteiger partial charge in [-0.25, -0.2) is 9.18 Å². The number of hydrogen-bond acceptors (Lipinski definition) is 2. The van der Waals surface area contributed by atoms with Gasteiger partial charge >= 0.3 is 6.03 Å². The number of carbonyl (C=O) groups excluding carboxylic acids is 2. The number of benzene rings is 1. The maximum atomic E-state index is 13.4. The molecule has 0 spiro atoms. The zero-order valence-electron chi connectivity index (χ0n) is 15.8. The van der Waals surface area contributed by atoms with Gasteiger partial charge in [0, 0.05) is 31.6 Å². The summed E-state index contributed by atoms with van der Waals surface area (Å²) in [5.74, 6) is -0.475. The van der Waals surface area contributed by atoms with Crippen LogP contribution in [0, 0.1) is 5.82 Å². The van der Waals surface area contributed by atoms with E-state index in [0.29, 0.717) is 18.8 Å². The summed E-state index contributed by atoms with van der Waals surface area (Å²) in [4.78, 5) is 27.4. The van der Waals surface area contributed by atoms with Crippen molar-refractivity contribution in [3.63, 3.8) is 0 Å². The largest absolute Gasteiger partial charge is 0.338 e. The molecule has 2 aliphatic rings. The number of nitrogens with one attached hydrogen (secondary N) is 3. The lowest BCUT2D eigenvalue weighted by Crippen LogP contribution is -3.11. The number of hydrogen-bond donors (Lipinski definition) is 3. The van der Waals surface area contributed by atoms with Crippen LogP contribution in [-0.2, 0) is 4.79 Å². The van der Waals surface area contributed by atoms with Gasteiger partial charge in [0.2, 0.25) is 5.91 Å². The molecule has 2 fully saturated rings. The molecule has 0 unspecified atom stereocenters. The zero-order valence-corrected chi connectivity index (χ0v) is 15.8. The second-order valence-corrected chi connectivity index (χ2v) is 7.55. The molecular formula is C20H30FN4O2+. The van der Waals surface area contributed by atoms with Crippen molar-refractivity contribution in [1.82, 2.24) is 10.6 Å². The summed E-state index contributed by atoms with van der Waals surface area (Å²) in [5.41, 5.74) is 0.533. The minimum Gasteiger partial charge on any atom is -0.338 e. The van der Waals surface area contributed by atoms with E-state index < -0.39 is 0 Å². The van der Waals surface area contributed by atoms with Gasteiger partial charge in [0.25, 0.3) is 0 Å². The quantitative estimate of drug-likeness (QED) is 0.650. The van der Waals surface area contributed by atoms with Crippen LogP contribution in [-0.4, -0.2) is 50.7 Å². The SMILES string of the molecule is O=C(NCCC[NH+]1CCCCCC1)N[C@H]1CC(=O)N(c2cccc(F)c2)C1. The van der Waals surface area contributed by atoms with Gasteiger partial charge in [-0.2, -0.15) is 0 Å². The molecule has 27 heavy (non-hydrogen) atoms. The Hall–Kier alpha value is -2.15. The third-order valence-electron chi connectivity index (χ3n) is 5.38.